The summed E-state index contributed by atoms with van der Waals surface area (Å²) in [4.78, 5) is 15.7. The van der Waals surface area contributed by atoms with Crippen LogP contribution in [0.5, 0.6) is 0 Å². The zero-order valence-corrected chi connectivity index (χ0v) is 11.4. The van der Waals surface area contributed by atoms with E-state index < -0.39 is 0 Å². The van der Waals surface area contributed by atoms with Crippen LogP contribution in [-0.4, -0.2) is 23.0 Å². The Labute approximate surface area is 107 Å². The van der Waals surface area contributed by atoms with E-state index in [0.29, 0.717) is 16.5 Å². The lowest BCUT2D eigenvalue weighted by Crippen LogP contribution is -2.41. The highest BCUT2D eigenvalue weighted by Crippen LogP contribution is 2.15. The van der Waals surface area contributed by atoms with Gasteiger partial charge in [-0.25, -0.2) is 4.98 Å². The number of hydrogen-bond donors (Lipinski definition) is 2. The second-order valence-electron chi connectivity index (χ2n) is 4.92. The van der Waals surface area contributed by atoms with Crippen molar-refractivity contribution in [3.63, 3.8) is 0 Å². The Bertz CT molecular complexity index is 413. The third kappa shape index (κ3) is 5.15. The highest BCUT2D eigenvalue weighted by Gasteiger charge is 2.12. The summed E-state index contributed by atoms with van der Waals surface area (Å²) in [7, 11) is 0. The molecule has 94 valence electrons. The molecule has 1 aromatic rings. The number of carbonyl (C=O) groups excluding carboxylic acids is 1. The number of amides is 1. The second-order valence-corrected chi connectivity index (χ2v) is 5.31. The number of carbonyl (C=O) groups is 1. The van der Waals surface area contributed by atoms with Gasteiger partial charge >= 0.3 is 0 Å². The number of rotatable bonds is 3. The van der Waals surface area contributed by atoms with E-state index in [0.717, 1.165) is 0 Å². The Hall–Kier alpha value is -1.13. The monoisotopic (exact) mass is 255 g/mol. The topological polar surface area (TPSA) is 54.0 Å². The zero-order chi connectivity index (χ0) is 13.1. The van der Waals surface area contributed by atoms with E-state index in [9.17, 15) is 4.79 Å². The Morgan fingerprint density at radius 1 is 1.41 bits per heavy atom. The quantitative estimate of drug-likeness (QED) is 0.816. The first-order chi connectivity index (χ1) is 7.78. The number of aromatic nitrogens is 1. The third-order valence-electron chi connectivity index (χ3n) is 2.11. The molecule has 1 aromatic heterocycles. The normalized spacial score (nSPS) is 11.4. The van der Waals surface area contributed by atoms with Crippen LogP contribution < -0.4 is 10.6 Å². The lowest BCUT2D eigenvalue weighted by Gasteiger charge is -2.20. The van der Waals surface area contributed by atoms with Crippen molar-refractivity contribution in [1.82, 2.24) is 10.3 Å². The molecule has 0 fully saturated rings. The Kier molecular flexibility index (Phi) is 4.48. The van der Waals surface area contributed by atoms with E-state index in [4.69, 9.17) is 11.6 Å². The fourth-order valence-corrected chi connectivity index (χ4v) is 1.39. The molecule has 0 spiro atoms. The molecule has 4 nitrogen and oxygen atoms in total. The SMILES string of the molecule is Cc1nc(Cl)ccc1NC(=O)CNC(C)(C)C. The highest BCUT2D eigenvalue weighted by atomic mass is 35.5. The van der Waals surface area contributed by atoms with Gasteiger partial charge in [0.15, 0.2) is 0 Å². The summed E-state index contributed by atoms with van der Waals surface area (Å²) in [6, 6.07) is 3.40. The maximum atomic E-state index is 11.7. The van der Waals surface area contributed by atoms with Crippen molar-refractivity contribution < 1.29 is 4.79 Å². The molecule has 0 bridgehead atoms. The van der Waals surface area contributed by atoms with E-state index >= 15 is 0 Å². The van der Waals surface area contributed by atoms with Gasteiger partial charge in [0.25, 0.3) is 0 Å². The molecule has 1 amide bonds. The third-order valence-corrected chi connectivity index (χ3v) is 2.32. The predicted octanol–water partition coefficient (Wildman–Crippen LogP) is 2.37. The molecule has 1 rings (SSSR count). The molecule has 0 aliphatic rings. The molecule has 0 radical (unpaired) electrons. The van der Waals surface area contributed by atoms with Gasteiger partial charge < -0.3 is 10.6 Å². The van der Waals surface area contributed by atoms with Crippen LogP contribution in [0.3, 0.4) is 0 Å². The minimum atomic E-state index is -0.0906. The first-order valence-corrected chi connectivity index (χ1v) is 5.84. The van der Waals surface area contributed by atoms with Crippen LogP contribution in [0.4, 0.5) is 5.69 Å². The van der Waals surface area contributed by atoms with Gasteiger partial charge in [-0.2, -0.15) is 0 Å². The molecule has 0 unspecified atom stereocenters. The Morgan fingerprint density at radius 3 is 2.59 bits per heavy atom. The molecule has 5 heteroatoms. The number of halogens is 1. The zero-order valence-electron chi connectivity index (χ0n) is 10.6. The molecule has 0 aromatic carbocycles. The molecule has 0 atom stereocenters. The predicted molar refractivity (Wildman–Crippen MR) is 70.4 cm³/mol. The number of aryl methyl sites for hydroxylation is 1. The Morgan fingerprint density at radius 2 is 2.06 bits per heavy atom. The Balaban J connectivity index is 2.57. The summed E-state index contributed by atoms with van der Waals surface area (Å²) in [5, 5.41) is 6.33. The number of hydrogen-bond acceptors (Lipinski definition) is 3. The standard InChI is InChI=1S/C12H18ClN3O/c1-8-9(5-6-10(13)15-8)16-11(17)7-14-12(2,3)4/h5-6,14H,7H2,1-4H3,(H,16,17). The van der Waals surface area contributed by atoms with Crippen LogP contribution in [0.1, 0.15) is 26.5 Å². The average molecular weight is 256 g/mol. The lowest BCUT2D eigenvalue weighted by atomic mass is 10.1. The first kappa shape index (κ1) is 13.9. The van der Waals surface area contributed by atoms with Crippen molar-refractivity contribution in [2.45, 2.75) is 33.2 Å². The molecule has 1 heterocycles. The van der Waals surface area contributed by atoms with Gasteiger partial charge in [-0.3, -0.25) is 4.79 Å². The molecule has 0 aliphatic heterocycles. The van der Waals surface area contributed by atoms with Crippen LogP contribution >= 0.6 is 11.6 Å². The summed E-state index contributed by atoms with van der Waals surface area (Å²) in [5.41, 5.74) is 1.32. The number of nitrogens with one attached hydrogen (secondary N) is 2. The van der Waals surface area contributed by atoms with Crippen molar-refractivity contribution in [3.8, 4) is 0 Å². The first-order valence-electron chi connectivity index (χ1n) is 5.46. The van der Waals surface area contributed by atoms with Gasteiger partial charge in [-0.15, -0.1) is 0 Å². The minimum Gasteiger partial charge on any atom is -0.323 e. The van der Waals surface area contributed by atoms with Gasteiger partial charge in [0.05, 0.1) is 17.9 Å². The smallest absolute Gasteiger partial charge is 0.238 e. The fourth-order valence-electron chi connectivity index (χ4n) is 1.20. The van der Waals surface area contributed by atoms with E-state index in [2.05, 4.69) is 15.6 Å². The van der Waals surface area contributed by atoms with Crippen molar-refractivity contribution >= 4 is 23.2 Å². The maximum Gasteiger partial charge on any atom is 0.238 e. The molecule has 2 N–H and O–H groups in total. The maximum absolute atomic E-state index is 11.7. The number of anilines is 1. The molecular weight excluding hydrogens is 238 g/mol. The van der Waals surface area contributed by atoms with Gasteiger partial charge in [-0.05, 0) is 39.8 Å². The largest absolute Gasteiger partial charge is 0.323 e. The van der Waals surface area contributed by atoms with Gasteiger partial charge in [-0.1, -0.05) is 11.6 Å². The molecule has 0 saturated heterocycles. The van der Waals surface area contributed by atoms with Crippen LogP contribution in [-0.2, 0) is 4.79 Å². The van der Waals surface area contributed by atoms with Gasteiger partial charge in [0.2, 0.25) is 5.91 Å². The summed E-state index contributed by atoms with van der Waals surface area (Å²) in [6.45, 7) is 8.10. The second kappa shape index (κ2) is 5.47. The van der Waals surface area contributed by atoms with E-state index in [-0.39, 0.29) is 18.0 Å². The molecular formula is C12H18ClN3O. The van der Waals surface area contributed by atoms with E-state index in [1.54, 1.807) is 19.1 Å². The summed E-state index contributed by atoms with van der Waals surface area (Å²) < 4.78 is 0. The van der Waals surface area contributed by atoms with Crippen LogP contribution in [0, 0.1) is 6.92 Å². The summed E-state index contributed by atoms with van der Waals surface area (Å²) in [5.74, 6) is -0.0906. The van der Waals surface area contributed by atoms with Crippen molar-refractivity contribution in [1.29, 1.82) is 0 Å². The highest BCUT2D eigenvalue weighted by molar-refractivity contribution is 6.29. The van der Waals surface area contributed by atoms with E-state index in [1.807, 2.05) is 20.8 Å². The molecule has 0 saturated carbocycles. The average Bonchev–Trinajstić information content (AvgIpc) is 2.18. The summed E-state index contributed by atoms with van der Waals surface area (Å²) >= 11 is 5.74. The van der Waals surface area contributed by atoms with E-state index in [1.165, 1.54) is 0 Å². The van der Waals surface area contributed by atoms with Crippen LogP contribution in [0.2, 0.25) is 5.15 Å². The number of nitrogens with zero attached hydrogens (tertiary/aromatic N) is 1. The van der Waals surface area contributed by atoms with Gasteiger partial charge in [0.1, 0.15) is 5.15 Å². The summed E-state index contributed by atoms with van der Waals surface area (Å²) in [6.07, 6.45) is 0. The fraction of sp³-hybridized carbons (Fsp3) is 0.500. The van der Waals surface area contributed by atoms with Crippen LogP contribution in [0.15, 0.2) is 12.1 Å². The van der Waals surface area contributed by atoms with Crippen LogP contribution in [0.25, 0.3) is 0 Å². The lowest BCUT2D eigenvalue weighted by molar-refractivity contribution is -0.115. The number of pyridine rings is 1. The molecule has 0 aliphatic carbocycles. The van der Waals surface area contributed by atoms with Crippen molar-refractivity contribution in [2.24, 2.45) is 0 Å². The van der Waals surface area contributed by atoms with Crippen molar-refractivity contribution in [2.75, 3.05) is 11.9 Å². The van der Waals surface area contributed by atoms with Crippen molar-refractivity contribution in [3.05, 3.63) is 23.0 Å². The molecule has 17 heavy (non-hydrogen) atoms. The van der Waals surface area contributed by atoms with Gasteiger partial charge in [0, 0.05) is 5.54 Å². The minimum absolute atomic E-state index is 0.0787.